The third-order valence-corrected chi connectivity index (χ3v) is 3.33. The standard InChI is InChI=1S/C20H28N2O6/c1-5-6-17(24)22-15-9-7-14(8-10-15)16(23)13-27-18(25)11-12-21-19(26)28-20(2,3)4/h7-10H,5-6,11-13H2,1-4H3,(H,21,26)(H,22,24). The van der Waals surface area contributed by atoms with Crippen LogP contribution in [0, 0.1) is 0 Å². The monoisotopic (exact) mass is 392 g/mol. The predicted molar refractivity (Wildman–Crippen MR) is 104 cm³/mol. The molecular weight excluding hydrogens is 364 g/mol. The van der Waals surface area contributed by atoms with Crippen molar-refractivity contribution in [1.82, 2.24) is 5.32 Å². The number of Topliss-reactive ketones (excluding diaryl/α,β-unsaturated/α-hetero) is 1. The number of amides is 2. The first-order chi connectivity index (χ1) is 13.1. The fourth-order valence-corrected chi connectivity index (χ4v) is 2.07. The molecule has 0 spiro atoms. The van der Waals surface area contributed by atoms with E-state index in [0.717, 1.165) is 6.42 Å². The summed E-state index contributed by atoms with van der Waals surface area (Å²) in [7, 11) is 0. The van der Waals surface area contributed by atoms with Crippen LogP contribution >= 0.6 is 0 Å². The molecule has 2 amide bonds. The average molecular weight is 392 g/mol. The van der Waals surface area contributed by atoms with E-state index >= 15 is 0 Å². The molecule has 0 atom stereocenters. The molecule has 28 heavy (non-hydrogen) atoms. The second-order valence-corrected chi connectivity index (χ2v) is 7.14. The van der Waals surface area contributed by atoms with E-state index in [1.807, 2.05) is 6.92 Å². The smallest absolute Gasteiger partial charge is 0.407 e. The van der Waals surface area contributed by atoms with Gasteiger partial charge >= 0.3 is 12.1 Å². The summed E-state index contributed by atoms with van der Waals surface area (Å²) in [5.74, 6) is -1.05. The summed E-state index contributed by atoms with van der Waals surface area (Å²) in [6, 6.07) is 6.35. The van der Waals surface area contributed by atoms with Crippen molar-refractivity contribution in [3.8, 4) is 0 Å². The Labute approximate surface area is 165 Å². The first kappa shape index (κ1) is 23.1. The summed E-state index contributed by atoms with van der Waals surface area (Å²) in [5.41, 5.74) is 0.346. The Kier molecular flexibility index (Phi) is 9.14. The molecular formula is C20H28N2O6. The number of ketones is 1. The van der Waals surface area contributed by atoms with Crippen LogP contribution < -0.4 is 10.6 Å². The third-order valence-electron chi connectivity index (χ3n) is 3.33. The van der Waals surface area contributed by atoms with Crippen molar-refractivity contribution < 1.29 is 28.7 Å². The molecule has 0 saturated carbocycles. The lowest BCUT2D eigenvalue weighted by molar-refractivity contribution is -0.142. The minimum atomic E-state index is -0.623. The van der Waals surface area contributed by atoms with Crippen molar-refractivity contribution in [3.05, 3.63) is 29.8 Å². The van der Waals surface area contributed by atoms with Gasteiger partial charge in [0.25, 0.3) is 0 Å². The maximum Gasteiger partial charge on any atom is 0.407 e. The number of nitrogens with one attached hydrogen (secondary N) is 2. The molecule has 8 heteroatoms. The van der Waals surface area contributed by atoms with E-state index in [2.05, 4.69) is 10.6 Å². The summed E-state index contributed by atoms with van der Waals surface area (Å²) in [6.07, 6.45) is 0.484. The van der Waals surface area contributed by atoms with E-state index < -0.39 is 24.3 Å². The summed E-state index contributed by atoms with van der Waals surface area (Å²) in [4.78, 5) is 46.7. The van der Waals surface area contributed by atoms with Crippen LogP contribution in [0.2, 0.25) is 0 Å². The molecule has 154 valence electrons. The number of anilines is 1. The van der Waals surface area contributed by atoms with Crippen LogP contribution in [-0.2, 0) is 19.1 Å². The zero-order valence-corrected chi connectivity index (χ0v) is 16.8. The fourth-order valence-electron chi connectivity index (χ4n) is 2.07. The maximum absolute atomic E-state index is 12.1. The minimum Gasteiger partial charge on any atom is -0.457 e. The topological polar surface area (TPSA) is 111 Å². The molecule has 0 heterocycles. The van der Waals surface area contributed by atoms with Crippen LogP contribution in [0.15, 0.2) is 24.3 Å². The predicted octanol–water partition coefficient (Wildman–Crippen LogP) is 3.07. The fraction of sp³-hybridized carbons (Fsp3) is 0.500. The largest absolute Gasteiger partial charge is 0.457 e. The first-order valence-corrected chi connectivity index (χ1v) is 9.16. The molecule has 8 nitrogen and oxygen atoms in total. The van der Waals surface area contributed by atoms with Crippen LogP contribution in [0.1, 0.15) is 57.3 Å². The molecule has 1 aromatic rings. The number of hydrogen-bond acceptors (Lipinski definition) is 6. The quantitative estimate of drug-likeness (QED) is 0.494. The lowest BCUT2D eigenvalue weighted by Gasteiger charge is -2.19. The van der Waals surface area contributed by atoms with Crippen molar-refractivity contribution in [1.29, 1.82) is 0 Å². The summed E-state index contributed by atoms with van der Waals surface area (Å²) in [6.45, 7) is 6.77. The highest BCUT2D eigenvalue weighted by molar-refractivity contribution is 5.98. The number of benzene rings is 1. The zero-order valence-electron chi connectivity index (χ0n) is 16.8. The Balaban J connectivity index is 2.34. The molecule has 0 aliphatic heterocycles. The van der Waals surface area contributed by atoms with Crippen molar-refractivity contribution in [3.63, 3.8) is 0 Å². The average Bonchev–Trinajstić information content (AvgIpc) is 2.59. The van der Waals surface area contributed by atoms with Gasteiger partial charge in [-0.15, -0.1) is 0 Å². The molecule has 0 aliphatic carbocycles. The molecule has 0 saturated heterocycles. The molecule has 1 rings (SSSR count). The number of ether oxygens (including phenoxy) is 2. The molecule has 0 fully saturated rings. The van der Waals surface area contributed by atoms with Crippen molar-refractivity contribution >= 4 is 29.4 Å². The lowest BCUT2D eigenvalue weighted by atomic mass is 10.1. The Morgan fingerprint density at radius 2 is 1.64 bits per heavy atom. The summed E-state index contributed by atoms with van der Waals surface area (Å²) >= 11 is 0. The molecule has 0 unspecified atom stereocenters. The van der Waals surface area contributed by atoms with Gasteiger partial charge in [0, 0.05) is 24.2 Å². The maximum atomic E-state index is 12.1. The van der Waals surface area contributed by atoms with Gasteiger partial charge in [-0.1, -0.05) is 6.92 Å². The summed E-state index contributed by atoms with van der Waals surface area (Å²) < 4.78 is 9.96. The van der Waals surface area contributed by atoms with Gasteiger partial charge in [-0.05, 0) is 51.5 Å². The molecule has 2 N–H and O–H groups in total. The molecule has 0 aromatic heterocycles. The number of carbonyl (C=O) groups is 4. The molecule has 0 radical (unpaired) electrons. The highest BCUT2D eigenvalue weighted by Crippen LogP contribution is 2.11. The number of rotatable bonds is 9. The van der Waals surface area contributed by atoms with E-state index in [0.29, 0.717) is 17.7 Å². The van der Waals surface area contributed by atoms with E-state index in [9.17, 15) is 19.2 Å². The second kappa shape index (κ2) is 11.1. The number of carbonyl (C=O) groups excluding carboxylic acids is 4. The number of hydrogen-bond donors (Lipinski definition) is 2. The first-order valence-electron chi connectivity index (χ1n) is 9.16. The second-order valence-electron chi connectivity index (χ2n) is 7.14. The van der Waals surface area contributed by atoms with Crippen molar-refractivity contribution in [2.24, 2.45) is 0 Å². The molecule has 0 aliphatic rings. The van der Waals surface area contributed by atoms with Gasteiger partial charge in [-0.3, -0.25) is 14.4 Å². The molecule has 1 aromatic carbocycles. The third kappa shape index (κ3) is 9.70. The van der Waals surface area contributed by atoms with E-state index in [1.165, 1.54) is 0 Å². The highest BCUT2D eigenvalue weighted by Gasteiger charge is 2.16. The Morgan fingerprint density at radius 3 is 2.21 bits per heavy atom. The van der Waals surface area contributed by atoms with E-state index in [-0.39, 0.29) is 24.7 Å². The Bertz CT molecular complexity index is 692. The highest BCUT2D eigenvalue weighted by atomic mass is 16.6. The zero-order chi connectivity index (χ0) is 21.2. The lowest BCUT2D eigenvalue weighted by Crippen LogP contribution is -2.33. The van der Waals surface area contributed by atoms with Gasteiger partial charge in [0.05, 0.1) is 6.42 Å². The van der Waals surface area contributed by atoms with Crippen molar-refractivity contribution in [2.45, 2.75) is 52.6 Å². The molecule has 0 bridgehead atoms. The normalized spacial score (nSPS) is 10.7. The summed E-state index contributed by atoms with van der Waals surface area (Å²) in [5, 5.41) is 5.16. The van der Waals surface area contributed by atoms with Crippen LogP contribution in [0.3, 0.4) is 0 Å². The van der Waals surface area contributed by atoms with Crippen LogP contribution in [-0.4, -0.2) is 42.5 Å². The van der Waals surface area contributed by atoms with Gasteiger partial charge in [0.15, 0.2) is 12.4 Å². The van der Waals surface area contributed by atoms with E-state index in [1.54, 1.807) is 45.0 Å². The SMILES string of the molecule is CCCC(=O)Nc1ccc(C(=O)COC(=O)CCNC(=O)OC(C)(C)C)cc1. The van der Waals surface area contributed by atoms with E-state index in [4.69, 9.17) is 9.47 Å². The number of alkyl carbamates (subject to hydrolysis) is 1. The minimum absolute atomic E-state index is 0.0497. The van der Waals surface area contributed by atoms with Gasteiger partial charge in [-0.2, -0.15) is 0 Å². The van der Waals surface area contributed by atoms with Gasteiger partial charge in [0.2, 0.25) is 5.91 Å². The van der Waals surface area contributed by atoms with Crippen molar-refractivity contribution in [2.75, 3.05) is 18.5 Å². The van der Waals surface area contributed by atoms with Gasteiger partial charge in [0.1, 0.15) is 5.60 Å². The van der Waals surface area contributed by atoms with Crippen LogP contribution in [0.25, 0.3) is 0 Å². The Hall–Kier alpha value is -2.90. The van der Waals surface area contributed by atoms with Gasteiger partial charge in [-0.25, -0.2) is 4.79 Å². The van der Waals surface area contributed by atoms with Crippen LogP contribution in [0.4, 0.5) is 10.5 Å². The van der Waals surface area contributed by atoms with Crippen LogP contribution in [0.5, 0.6) is 0 Å². The van der Waals surface area contributed by atoms with Gasteiger partial charge < -0.3 is 20.1 Å². The Morgan fingerprint density at radius 1 is 1.00 bits per heavy atom. The number of esters is 1.